The van der Waals surface area contributed by atoms with Crippen LogP contribution >= 0.6 is 0 Å². The Hall–Kier alpha value is -1.96. The van der Waals surface area contributed by atoms with Gasteiger partial charge in [-0.2, -0.15) is 0 Å². The van der Waals surface area contributed by atoms with E-state index in [1.165, 1.54) is 0 Å². The van der Waals surface area contributed by atoms with E-state index in [4.69, 9.17) is 0 Å². The highest BCUT2D eigenvalue weighted by Gasteiger charge is 2.30. The fourth-order valence-electron chi connectivity index (χ4n) is 4.06. The van der Waals surface area contributed by atoms with Gasteiger partial charge in [0, 0.05) is 17.0 Å². The number of phenols is 2. The SMILES string of the molecule is CCC(c1c(C)ccc(C(C)(C)C)c1O)c1c(C)ccc(C(C)(C)C)c1O. The second kappa shape index (κ2) is 7.22. The Balaban J connectivity index is 2.80. The monoisotopic (exact) mass is 368 g/mol. The standard InChI is InChI=1S/C25H36O2/c1-10-17(20-15(2)11-13-18(22(20)26)24(4,5)6)21-16(3)12-14-19(23(21)27)25(7,8)9/h11-14,17,26-27H,10H2,1-9H3. The summed E-state index contributed by atoms with van der Waals surface area (Å²) in [5, 5.41) is 22.4. The highest BCUT2D eigenvalue weighted by molar-refractivity contribution is 5.58. The van der Waals surface area contributed by atoms with E-state index < -0.39 is 0 Å². The molecule has 0 saturated heterocycles. The summed E-state index contributed by atoms with van der Waals surface area (Å²) in [7, 11) is 0. The topological polar surface area (TPSA) is 40.5 Å². The highest BCUT2D eigenvalue weighted by Crippen LogP contribution is 2.47. The van der Waals surface area contributed by atoms with Crippen LogP contribution in [0.2, 0.25) is 0 Å². The first kappa shape index (κ1) is 21.3. The fourth-order valence-corrected chi connectivity index (χ4v) is 4.06. The van der Waals surface area contributed by atoms with Crippen molar-refractivity contribution in [2.45, 2.75) is 85.5 Å². The summed E-state index contributed by atoms with van der Waals surface area (Å²) in [5.41, 5.74) is 5.62. The summed E-state index contributed by atoms with van der Waals surface area (Å²) in [5.74, 6) is 0.693. The third kappa shape index (κ3) is 4.00. The van der Waals surface area contributed by atoms with Crippen molar-refractivity contribution in [1.82, 2.24) is 0 Å². The Kier molecular flexibility index (Phi) is 5.71. The average molecular weight is 369 g/mol. The van der Waals surface area contributed by atoms with Crippen LogP contribution in [-0.4, -0.2) is 10.2 Å². The zero-order valence-corrected chi connectivity index (χ0v) is 18.5. The molecule has 0 atom stereocenters. The van der Waals surface area contributed by atoms with Gasteiger partial charge in [-0.25, -0.2) is 0 Å². The molecule has 0 aliphatic carbocycles. The largest absolute Gasteiger partial charge is 0.507 e. The van der Waals surface area contributed by atoms with Gasteiger partial charge in [0.2, 0.25) is 0 Å². The number of hydrogen-bond acceptors (Lipinski definition) is 2. The van der Waals surface area contributed by atoms with Crippen LogP contribution in [0.4, 0.5) is 0 Å². The van der Waals surface area contributed by atoms with Gasteiger partial charge < -0.3 is 10.2 Å². The molecule has 0 amide bonds. The van der Waals surface area contributed by atoms with Crippen molar-refractivity contribution in [3.63, 3.8) is 0 Å². The first-order valence-corrected chi connectivity index (χ1v) is 9.96. The lowest BCUT2D eigenvalue weighted by molar-refractivity contribution is 0.426. The number of hydrogen-bond donors (Lipinski definition) is 2. The molecule has 148 valence electrons. The molecular weight excluding hydrogens is 332 g/mol. The molecule has 0 heterocycles. The van der Waals surface area contributed by atoms with E-state index in [0.29, 0.717) is 11.5 Å². The van der Waals surface area contributed by atoms with E-state index in [9.17, 15) is 10.2 Å². The molecule has 2 nitrogen and oxygen atoms in total. The van der Waals surface area contributed by atoms with E-state index in [0.717, 1.165) is 39.8 Å². The van der Waals surface area contributed by atoms with Gasteiger partial charge in [0.1, 0.15) is 11.5 Å². The van der Waals surface area contributed by atoms with E-state index >= 15 is 0 Å². The van der Waals surface area contributed by atoms with Crippen LogP contribution in [0.3, 0.4) is 0 Å². The van der Waals surface area contributed by atoms with E-state index in [1.54, 1.807) is 0 Å². The smallest absolute Gasteiger partial charge is 0.123 e. The summed E-state index contributed by atoms with van der Waals surface area (Å²) < 4.78 is 0. The van der Waals surface area contributed by atoms with Crippen LogP contribution in [0.15, 0.2) is 24.3 Å². The van der Waals surface area contributed by atoms with Crippen LogP contribution in [0.25, 0.3) is 0 Å². The maximum Gasteiger partial charge on any atom is 0.123 e. The molecule has 0 spiro atoms. The van der Waals surface area contributed by atoms with Crippen LogP contribution in [0.1, 0.15) is 94.2 Å². The van der Waals surface area contributed by atoms with Gasteiger partial charge in [0.25, 0.3) is 0 Å². The molecule has 2 N–H and O–H groups in total. The van der Waals surface area contributed by atoms with Gasteiger partial charge in [-0.1, -0.05) is 72.7 Å². The summed E-state index contributed by atoms with van der Waals surface area (Å²) in [6.07, 6.45) is 0.810. The predicted octanol–water partition coefficient (Wildman–Crippen LogP) is 6.85. The van der Waals surface area contributed by atoms with Crippen molar-refractivity contribution in [2.24, 2.45) is 0 Å². The van der Waals surface area contributed by atoms with Crippen molar-refractivity contribution in [1.29, 1.82) is 0 Å². The molecule has 2 aromatic rings. The van der Waals surface area contributed by atoms with Crippen LogP contribution < -0.4 is 0 Å². The van der Waals surface area contributed by atoms with Crippen molar-refractivity contribution < 1.29 is 10.2 Å². The van der Waals surface area contributed by atoms with Crippen LogP contribution in [0, 0.1) is 13.8 Å². The summed E-state index contributed by atoms with van der Waals surface area (Å²) in [6, 6.07) is 8.24. The molecule has 0 unspecified atom stereocenters. The third-order valence-electron chi connectivity index (χ3n) is 5.59. The van der Waals surface area contributed by atoms with Gasteiger partial charge >= 0.3 is 0 Å². The quantitative estimate of drug-likeness (QED) is 0.622. The number of aromatic hydroxyl groups is 2. The molecule has 0 bridgehead atoms. The van der Waals surface area contributed by atoms with Crippen molar-refractivity contribution in [3.05, 3.63) is 57.6 Å². The van der Waals surface area contributed by atoms with Crippen LogP contribution in [0.5, 0.6) is 11.5 Å². The minimum atomic E-state index is -0.144. The lowest BCUT2D eigenvalue weighted by atomic mass is 9.76. The van der Waals surface area contributed by atoms with Gasteiger partial charge in [0.15, 0.2) is 0 Å². The molecule has 2 heteroatoms. The molecular formula is C25H36O2. The lowest BCUT2D eigenvalue weighted by Gasteiger charge is -2.29. The summed E-state index contributed by atoms with van der Waals surface area (Å²) >= 11 is 0. The Bertz CT molecular complexity index is 763. The Morgan fingerprint density at radius 3 is 1.30 bits per heavy atom. The maximum absolute atomic E-state index is 11.2. The van der Waals surface area contributed by atoms with Crippen molar-refractivity contribution in [2.75, 3.05) is 0 Å². The second-order valence-corrected chi connectivity index (χ2v) is 9.85. The zero-order chi connectivity index (χ0) is 20.7. The third-order valence-corrected chi connectivity index (χ3v) is 5.59. The van der Waals surface area contributed by atoms with Crippen molar-refractivity contribution in [3.8, 4) is 11.5 Å². The first-order chi connectivity index (χ1) is 12.3. The lowest BCUT2D eigenvalue weighted by Crippen LogP contribution is -2.16. The van der Waals surface area contributed by atoms with Crippen LogP contribution in [-0.2, 0) is 10.8 Å². The maximum atomic E-state index is 11.2. The predicted molar refractivity (Wildman–Crippen MR) is 115 cm³/mol. The second-order valence-electron chi connectivity index (χ2n) is 9.85. The number of rotatable bonds is 3. The molecule has 2 rings (SSSR count). The molecule has 27 heavy (non-hydrogen) atoms. The summed E-state index contributed by atoms with van der Waals surface area (Å²) in [6.45, 7) is 18.9. The molecule has 0 aliphatic heterocycles. The average Bonchev–Trinajstić information content (AvgIpc) is 2.50. The first-order valence-electron chi connectivity index (χ1n) is 9.96. The molecule has 0 aliphatic rings. The molecule has 0 radical (unpaired) electrons. The number of benzene rings is 2. The fraction of sp³-hybridized carbons (Fsp3) is 0.520. The van der Waals surface area contributed by atoms with Gasteiger partial charge in [-0.15, -0.1) is 0 Å². The van der Waals surface area contributed by atoms with Gasteiger partial charge in [-0.3, -0.25) is 0 Å². The molecule has 0 saturated carbocycles. The van der Waals surface area contributed by atoms with Gasteiger partial charge in [-0.05, 0) is 53.4 Å². The molecule has 0 aromatic heterocycles. The van der Waals surface area contributed by atoms with E-state index in [2.05, 4.69) is 60.6 Å². The van der Waals surface area contributed by atoms with Gasteiger partial charge in [0.05, 0.1) is 0 Å². The number of aryl methyl sites for hydroxylation is 2. The van der Waals surface area contributed by atoms with E-state index in [1.807, 2.05) is 26.0 Å². The normalized spacial score (nSPS) is 12.7. The summed E-state index contributed by atoms with van der Waals surface area (Å²) in [4.78, 5) is 0. The minimum absolute atomic E-state index is 0.0467. The number of phenolic OH excluding ortho intramolecular Hbond substituents is 2. The Morgan fingerprint density at radius 2 is 1.04 bits per heavy atom. The molecule has 0 fully saturated rings. The minimum Gasteiger partial charge on any atom is -0.507 e. The van der Waals surface area contributed by atoms with Crippen molar-refractivity contribution >= 4 is 0 Å². The molecule has 2 aromatic carbocycles. The highest BCUT2D eigenvalue weighted by atomic mass is 16.3. The van der Waals surface area contributed by atoms with E-state index in [-0.39, 0.29) is 16.7 Å². The zero-order valence-electron chi connectivity index (χ0n) is 18.5. The Labute approximate surface area is 165 Å². The Morgan fingerprint density at radius 1 is 0.704 bits per heavy atom.